The second-order valence-corrected chi connectivity index (χ2v) is 9.35. The van der Waals surface area contributed by atoms with Crippen LogP contribution in [0.25, 0.3) is 0 Å². The molecule has 0 atom stereocenters. The maximum absolute atomic E-state index is 13.6. The molecule has 0 N–H and O–H groups in total. The van der Waals surface area contributed by atoms with Crippen molar-refractivity contribution in [1.29, 1.82) is 0 Å². The van der Waals surface area contributed by atoms with Crippen LogP contribution in [0.4, 0.5) is 10.5 Å². The third-order valence-electron chi connectivity index (χ3n) is 6.08. The summed E-state index contributed by atoms with van der Waals surface area (Å²) in [4.78, 5) is 34.1. The number of amides is 2. The molecule has 31 heavy (non-hydrogen) atoms. The van der Waals surface area contributed by atoms with E-state index in [0.717, 1.165) is 22.7 Å². The van der Waals surface area contributed by atoms with Gasteiger partial charge in [-0.25, -0.2) is 4.79 Å². The van der Waals surface area contributed by atoms with Crippen molar-refractivity contribution in [3.63, 3.8) is 0 Å². The van der Waals surface area contributed by atoms with Crippen molar-refractivity contribution in [1.82, 2.24) is 9.88 Å². The van der Waals surface area contributed by atoms with E-state index in [1.165, 1.54) is 0 Å². The van der Waals surface area contributed by atoms with Gasteiger partial charge in [0.25, 0.3) is 0 Å². The number of pyridine rings is 1. The van der Waals surface area contributed by atoms with Gasteiger partial charge in [-0.2, -0.15) is 0 Å². The number of ether oxygens (including phenoxy) is 2. The van der Waals surface area contributed by atoms with Gasteiger partial charge in [0, 0.05) is 19.3 Å². The number of aromatic nitrogens is 1. The van der Waals surface area contributed by atoms with Gasteiger partial charge in [-0.3, -0.25) is 9.78 Å². The van der Waals surface area contributed by atoms with Crippen molar-refractivity contribution >= 4 is 17.7 Å². The molecule has 0 saturated heterocycles. The van der Waals surface area contributed by atoms with Gasteiger partial charge in [-0.05, 0) is 63.4 Å². The first-order valence-electron chi connectivity index (χ1n) is 10.5. The zero-order valence-corrected chi connectivity index (χ0v) is 18.7. The van der Waals surface area contributed by atoms with Gasteiger partial charge in [0.1, 0.15) is 11.4 Å². The fourth-order valence-electron chi connectivity index (χ4n) is 4.39. The molecule has 1 saturated carbocycles. The number of carbonyl (C=O) groups excluding carboxylic acids is 2. The number of benzene rings is 1. The maximum Gasteiger partial charge on any atom is 0.410 e. The number of hydrogen-bond donors (Lipinski definition) is 0. The average molecular weight is 424 g/mol. The van der Waals surface area contributed by atoms with Crippen LogP contribution in [0.5, 0.6) is 5.75 Å². The van der Waals surface area contributed by atoms with E-state index >= 15 is 0 Å². The molecule has 2 aromatic rings. The molecule has 0 bridgehead atoms. The molecule has 1 aromatic heterocycles. The van der Waals surface area contributed by atoms with Crippen molar-refractivity contribution in [3.05, 3.63) is 53.9 Å². The highest BCUT2D eigenvalue weighted by Crippen LogP contribution is 2.54. The Morgan fingerprint density at radius 1 is 1.23 bits per heavy atom. The molecule has 164 valence electrons. The van der Waals surface area contributed by atoms with Crippen molar-refractivity contribution in [2.45, 2.75) is 57.2 Å². The number of fused-ring (bicyclic) bond motifs is 2. The summed E-state index contributed by atoms with van der Waals surface area (Å²) in [6, 6.07) is 11.5. The molecule has 2 amide bonds. The van der Waals surface area contributed by atoms with Gasteiger partial charge in [-0.15, -0.1) is 0 Å². The Bertz CT molecular complexity index is 991. The van der Waals surface area contributed by atoms with Crippen LogP contribution in [-0.4, -0.2) is 47.7 Å². The molecule has 7 nitrogen and oxygen atoms in total. The van der Waals surface area contributed by atoms with Gasteiger partial charge in [-0.1, -0.05) is 12.1 Å². The predicted octanol–water partition coefficient (Wildman–Crippen LogP) is 3.90. The van der Waals surface area contributed by atoms with Crippen LogP contribution >= 0.6 is 0 Å². The standard InChI is InChI=1S/C24H29N3O4/c1-23(2,3)31-22(29)26(4)17-13-24(14-17)20-19(7-6-12-25-20)27(21(24)28)15-16-8-10-18(30-5)11-9-16/h6-12,17H,13-15H2,1-5H3. The first kappa shape index (κ1) is 21.2. The first-order chi connectivity index (χ1) is 14.6. The second kappa shape index (κ2) is 7.55. The van der Waals surface area contributed by atoms with Gasteiger partial charge >= 0.3 is 6.09 Å². The lowest BCUT2D eigenvalue weighted by molar-refractivity contribution is -0.128. The Balaban J connectivity index is 1.54. The van der Waals surface area contributed by atoms with Gasteiger partial charge in [0.2, 0.25) is 5.91 Å². The van der Waals surface area contributed by atoms with E-state index in [2.05, 4.69) is 4.98 Å². The fraction of sp³-hybridized carbons (Fsp3) is 0.458. The third kappa shape index (κ3) is 3.73. The summed E-state index contributed by atoms with van der Waals surface area (Å²) in [6.45, 7) is 6.01. The minimum absolute atomic E-state index is 0.0471. The van der Waals surface area contributed by atoms with Crippen LogP contribution in [0.15, 0.2) is 42.6 Å². The van der Waals surface area contributed by atoms with Crippen LogP contribution in [0.1, 0.15) is 44.9 Å². The summed E-state index contributed by atoms with van der Waals surface area (Å²) in [5, 5.41) is 0. The van der Waals surface area contributed by atoms with Gasteiger partial charge in [0.15, 0.2) is 0 Å². The predicted molar refractivity (Wildman–Crippen MR) is 117 cm³/mol. The van der Waals surface area contributed by atoms with E-state index in [0.29, 0.717) is 19.4 Å². The SMILES string of the molecule is COc1ccc(CN2C(=O)C3(CC(N(C)C(=O)OC(C)(C)C)C3)c3ncccc32)cc1. The summed E-state index contributed by atoms with van der Waals surface area (Å²) in [5.74, 6) is 0.827. The van der Waals surface area contributed by atoms with E-state index < -0.39 is 11.0 Å². The number of hydrogen-bond acceptors (Lipinski definition) is 5. The molecule has 1 aliphatic carbocycles. The highest BCUT2D eigenvalue weighted by Gasteiger charge is 2.61. The van der Waals surface area contributed by atoms with Crippen LogP contribution in [0.3, 0.4) is 0 Å². The van der Waals surface area contributed by atoms with E-state index in [4.69, 9.17) is 9.47 Å². The Hall–Kier alpha value is -3.09. The lowest BCUT2D eigenvalue weighted by atomic mass is 9.63. The smallest absolute Gasteiger partial charge is 0.410 e. The largest absolute Gasteiger partial charge is 0.497 e. The van der Waals surface area contributed by atoms with Crippen molar-refractivity contribution in [3.8, 4) is 5.75 Å². The van der Waals surface area contributed by atoms with Crippen molar-refractivity contribution < 1.29 is 19.1 Å². The van der Waals surface area contributed by atoms with E-state index in [9.17, 15) is 9.59 Å². The minimum Gasteiger partial charge on any atom is -0.497 e. The number of anilines is 1. The molecule has 7 heteroatoms. The van der Waals surface area contributed by atoms with Gasteiger partial charge < -0.3 is 19.3 Å². The number of nitrogens with zero attached hydrogens (tertiary/aromatic N) is 3. The normalized spacial score (nSPS) is 22.2. The summed E-state index contributed by atoms with van der Waals surface area (Å²) >= 11 is 0. The zero-order valence-electron chi connectivity index (χ0n) is 18.7. The number of rotatable bonds is 4. The van der Waals surface area contributed by atoms with E-state index in [-0.39, 0.29) is 18.0 Å². The molecule has 0 radical (unpaired) electrons. The Morgan fingerprint density at radius 3 is 2.52 bits per heavy atom. The lowest BCUT2D eigenvalue weighted by Gasteiger charge is -2.47. The topological polar surface area (TPSA) is 72.0 Å². The molecular weight excluding hydrogens is 394 g/mol. The maximum atomic E-state index is 13.6. The third-order valence-corrected chi connectivity index (χ3v) is 6.08. The minimum atomic E-state index is -0.677. The highest BCUT2D eigenvalue weighted by molar-refractivity contribution is 6.08. The van der Waals surface area contributed by atoms with E-state index in [1.807, 2.05) is 62.1 Å². The molecule has 2 aliphatic rings. The summed E-state index contributed by atoms with van der Waals surface area (Å²) < 4.78 is 10.7. The molecule has 1 aromatic carbocycles. The molecule has 1 aliphatic heterocycles. The zero-order chi connectivity index (χ0) is 22.4. The lowest BCUT2D eigenvalue weighted by Crippen LogP contribution is -2.58. The average Bonchev–Trinajstić information content (AvgIpc) is 2.94. The summed E-state index contributed by atoms with van der Waals surface area (Å²) in [6.07, 6.45) is 2.46. The van der Waals surface area contributed by atoms with Gasteiger partial charge in [0.05, 0.1) is 30.5 Å². The Labute approximate surface area is 183 Å². The first-order valence-corrected chi connectivity index (χ1v) is 10.5. The molecule has 1 fully saturated rings. The number of methoxy groups -OCH3 is 1. The number of carbonyl (C=O) groups is 2. The monoisotopic (exact) mass is 423 g/mol. The van der Waals surface area contributed by atoms with E-state index in [1.54, 1.807) is 25.3 Å². The van der Waals surface area contributed by atoms with Crippen LogP contribution in [0, 0.1) is 0 Å². The molecule has 0 unspecified atom stereocenters. The van der Waals surface area contributed by atoms with Crippen LogP contribution < -0.4 is 9.64 Å². The summed E-state index contributed by atoms with van der Waals surface area (Å²) in [5.41, 5.74) is 1.44. The van der Waals surface area contributed by atoms with Crippen molar-refractivity contribution in [2.24, 2.45) is 0 Å². The fourth-order valence-corrected chi connectivity index (χ4v) is 4.39. The molecule has 2 heterocycles. The second-order valence-electron chi connectivity index (χ2n) is 9.35. The highest BCUT2D eigenvalue weighted by atomic mass is 16.6. The van der Waals surface area contributed by atoms with Crippen molar-refractivity contribution in [2.75, 3.05) is 19.1 Å². The van der Waals surface area contributed by atoms with Crippen LogP contribution in [0.2, 0.25) is 0 Å². The molecule has 1 spiro atoms. The molecule has 4 rings (SSSR count). The summed E-state index contributed by atoms with van der Waals surface area (Å²) in [7, 11) is 3.37. The van der Waals surface area contributed by atoms with Crippen LogP contribution in [-0.2, 0) is 21.5 Å². The molecular formula is C24H29N3O4. The Kier molecular flexibility index (Phi) is 5.15. The quantitative estimate of drug-likeness (QED) is 0.746. The Morgan fingerprint density at radius 2 is 1.90 bits per heavy atom.